The average Bonchev–Trinajstić information content (AvgIpc) is 2.30. The molecule has 0 N–H and O–H groups in total. The first-order valence-electron chi connectivity index (χ1n) is 7.96. The molecule has 0 aromatic heterocycles. The molecule has 0 aromatic carbocycles. The first kappa shape index (κ1) is 13.5. The van der Waals surface area contributed by atoms with E-state index in [2.05, 4.69) is 20.8 Å². The number of carbonyl (C=O) groups is 1. The van der Waals surface area contributed by atoms with E-state index in [1.165, 1.54) is 32.1 Å². The van der Waals surface area contributed by atoms with Crippen molar-refractivity contribution in [1.82, 2.24) is 0 Å². The van der Waals surface area contributed by atoms with Crippen LogP contribution in [0.3, 0.4) is 0 Å². The van der Waals surface area contributed by atoms with E-state index in [9.17, 15) is 4.79 Å². The van der Waals surface area contributed by atoms with E-state index in [1.807, 2.05) is 0 Å². The summed E-state index contributed by atoms with van der Waals surface area (Å²) in [5.74, 6) is 1.30. The molecule has 0 spiro atoms. The van der Waals surface area contributed by atoms with Crippen molar-refractivity contribution in [3.63, 3.8) is 0 Å². The summed E-state index contributed by atoms with van der Waals surface area (Å²) >= 11 is 0. The molecule has 0 saturated heterocycles. The molecule has 3 rings (SSSR count). The van der Waals surface area contributed by atoms with Gasteiger partial charge in [0.2, 0.25) is 0 Å². The number of esters is 1. The van der Waals surface area contributed by atoms with Crippen molar-refractivity contribution in [3.8, 4) is 0 Å². The molecule has 2 nitrogen and oxygen atoms in total. The van der Waals surface area contributed by atoms with Crippen LogP contribution in [0, 0.1) is 22.7 Å². The van der Waals surface area contributed by atoms with Crippen LogP contribution < -0.4 is 0 Å². The smallest absolute Gasteiger partial charge is 0.303 e. The highest BCUT2D eigenvalue weighted by molar-refractivity contribution is 5.66. The van der Waals surface area contributed by atoms with Crippen LogP contribution in [0.25, 0.3) is 0 Å². The zero-order chi connectivity index (χ0) is 13.9. The fraction of sp³-hybridized carbons (Fsp3) is 0.941. The van der Waals surface area contributed by atoms with E-state index < -0.39 is 0 Å². The molecule has 0 aromatic rings. The van der Waals surface area contributed by atoms with Gasteiger partial charge in [0.1, 0.15) is 5.60 Å². The van der Waals surface area contributed by atoms with Crippen molar-refractivity contribution in [2.24, 2.45) is 22.7 Å². The van der Waals surface area contributed by atoms with Gasteiger partial charge in [-0.25, -0.2) is 0 Å². The summed E-state index contributed by atoms with van der Waals surface area (Å²) in [5, 5.41) is 0. The zero-order valence-electron chi connectivity index (χ0n) is 12.9. The fourth-order valence-corrected chi connectivity index (χ4v) is 5.59. The molecule has 3 fully saturated rings. The summed E-state index contributed by atoms with van der Waals surface area (Å²) in [6.07, 6.45) is 8.64. The van der Waals surface area contributed by atoms with Crippen LogP contribution in [-0.2, 0) is 9.53 Å². The lowest BCUT2D eigenvalue weighted by atomic mass is 9.49. The molecule has 2 heteroatoms. The van der Waals surface area contributed by atoms with Crippen LogP contribution in [0.1, 0.15) is 72.6 Å². The fourth-order valence-electron chi connectivity index (χ4n) is 5.59. The lowest BCUT2D eigenvalue weighted by molar-refractivity contribution is -0.199. The van der Waals surface area contributed by atoms with Gasteiger partial charge < -0.3 is 4.74 Å². The quantitative estimate of drug-likeness (QED) is 0.659. The molecule has 4 atom stereocenters. The maximum Gasteiger partial charge on any atom is 0.303 e. The van der Waals surface area contributed by atoms with Gasteiger partial charge in [0.05, 0.1) is 0 Å². The van der Waals surface area contributed by atoms with Gasteiger partial charge in [-0.1, -0.05) is 20.8 Å². The summed E-state index contributed by atoms with van der Waals surface area (Å²) in [7, 11) is 0. The second-order valence-corrected chi connectivity index (χ2v) is 8.44. The van der Waals surface area contributed by atoms with Gasteiger partial charge in [-0.2, -0.15) is 0 Å². The normalized spacial score (nSPS) is 47.6. The number of carbonyl (C=O) groups excluding carboxylic acids is 1. The Balaban J connectivity index is 1.95. The highest BCUT2D eigenvalue weighted by Crippen LogP contribution is 2.65. The standard InChI is InChI=1S/C17H28O2/c1-12(18)19-17-8-5-7-16(4,11-17)9-6-13-14(17)10-15(13,2)3/h13-14H,5-11H2,1-4H3/t13-,14+,16?,17-/m1/s1. The lowest BCUT2D eigenvalue weighted by Crippen LogP contribution is -2.57. The Morgan fingerprint density at radius 2 is 1.84 bits per heavy atom. The van der Waals surface area contributed by atoms with Crippen molar-refractivity contribution >= 4 is 5.97 Å². The third-order valence-electron chi connectivity index (χ3n) is 6.42. The summed E-state index contributed by atoms with van der Waals surface area (Å²) in [5.41, 5.74) is 0.724. The molecule has 3 saturated carbocycles. The van der Waals surface area contributed by atoms with Crippen molar-refractivity contribution in [2.45, 2.75) is 78.2 Å². The molecular weight excluding hydrogens is 236 g/mol. The summed E-state index contributed by atoms with van der Waals surface area (Å²) in [6.45, 7) is 8.80. The van der Waals surface area contributed by atoms with Crippen LogP contribution in [-0.4, -0.2) is 11.6 Å². The second kappa shape index (κ2) is 3.99. The van der Waals surface area contributed by atoms with Crippen LogP contribution in [0.5, 0.6) is 0 Å². The van der Waals surface area contributed by atoms with E-state index in [1.54, 1.807) is 6.92 Å². The van der Waals surface area contributed by atoms with E-state index >= 15 is 0 Å². The summed E-state index contributed by atoms with van der Waals surface area (Å²) < 4.78 is 5.98. The Bertz CT molecular complexity index is 400. The van der Waals surface area contributed by atoms with E-state index in [4.69, 9.17) is 4.74 Å². The van der Waals surface area contributed by atoms with Crippen LogP contribution in [0.4, 0.5) is 0 Å². The Morgan fingerprint density at radius 3 is 2.47 bits per heavy atom. The predicted molar refractivity (Wildman–Crippen MR) is 75.7 cm³/mol. The molecular formula is C17H28O2. The third-order valence-corrected chi connectivity index (χ3v) is 6.42. The maximum absolute atomic E-state index is 11.6. The molecule has 0 heterocycles. The third kappa shape index (κ3) is 2.02. The number of fused-ring (bicyclic) bond motifs is 4. The molecule has 3 aliphatic rings. The minimum Gasteiger partial charge on any atom is -0.459 e. The Kier molecular flexibility index (Phi) is 2.82. The summed E-state index contributed by atoms with van der Waals surface area (Å²) in [6, 6.07) is 0. The Hall–Kier alpha value is -0.530. The monoisotopic (exact) mass is 264 g/mol. The predicted octanol–water partition coefficient (Wildman–Crippen LogP) is 4.32. The van der Waals surface area contributed by atoms with Gasteiger partial charge in [-0.05, 0) is 61.7 Å². The second-order valence-electron chi connectivity index (χ2n) is 8.44. The van der Waals surface area contributed by atoms with Crippen LogP contribution in [0.15, 0.2) is 0 Å². The zero-order valence-corrected chi connectivity index (χ0v) is 12.9. The first-order chi connectivity index (χ1) is 8.77. The minimum absolute atomic E-state index is 0.0744. The van der Waals surface area contributed by atoms with Crippen LogP contribution >= 0.6 is 0 Å². The first-order valence-corrected chi connectivity index (χ1v) is 7.96. The van der Waals surface area contributed by atoms with Gasteiger partial charge >= 0.3 is 5.97 Å². The van der Waals surface area contributed by atoms with E-state index in [0.29, 0.717) is 16.7 Å². The lowest BCUT2D eigenvalue weighted by Gasteiger charge is -2.59. The van der Waals surface area contributed by atoms with E-state index in [0.717, 1.165) is 18.8 Å². The number of ether oxygens (including phenoxy) is 1. The topological polar surface area (TPSA) is 26.3 Å². The Labute approximate surface area is 117 Å². The molecule has 108 valence electrons. The number of rotatable bonds is 1. The van der Waals surface area contributed by atoms with E-state index in [-0.39, 0.29) is 11.6 Å². The molecule has 3 aliphatic carbocycles. The molecule has 2 bridgehead atoms. The molecule has 19 heavy (non-hydrogen) atoms. The SMILES string of the molecule is CC(=O)O[C@@]12CCCC(C)(CC[C@@H]3[C@@H]1CC3(C)C)C2. The van der Waals surface area contributed by atoms with Crippen molar-refractivity contribution in [1.29, 1.82) is 0 Å². The largest absolute Gasteiger partial charge is 0.459 e. The molecule has 0 aliphatic heterocycles. The molecule has 1 unspecified atom stereocenters. The Morgan fingerprint density at radius 1 is 1.11 bits per heavy atom. The highest BCUT2D eigenvalue weighted by atomic mass is 16.6. The molecule has 0 amide bonds. The molecule has 0 radical (unpaired) electrons. The maximum atomic E-state index is 11.6. The van der Waals surface area contributed by atoms with Crippen molar-refractivity contribution < 1.29 is 9.53 Å². The van der Waals surface area contributed by atoms with Crippen LogP contribution in [0.2, 0.25) is 0 Å². The van der Waals surface area contributed by atoms with Gasteiger partial charge in [0.15, 0.2) is 0 Å². The minimum atomic E-state index is -0.129. The van der Waals surface area contributed by atoms with Crippen molar-refractivity contribution in [3.05, 3.63) is 0 Å². The van der Waals surface area contributed by atoms with Gasteiger partial charge in [0, 0.05) is 12.8 Å². The van der Waals surface area contributed by atoms with Gasteiger partial charge in [-0.3, -0.25) is 4.79 Å². The summed E-state index contributed by atoms with van der Waals surface area (Å²) in [4.78, 5) is 11.6. The van der Waals surface area contributed by atoms with Crippen molar-refractivity contribution in [2.75, 3.05) is 0 Å². The average molecular weight is 264 g/mol. The highest BCUT2D eigenvalue weighted by Gasteiger charge is 2.62. The number of hydrogen-bond acceptors (Lipinski definition) is 2. The van der Waals surface area contributed by atoms with Gasteiger partial charge in [0.25, 0.3) is 0 Å². The van der Waals surface area contributed by atoms with Gasteiger partial charge in [-0.15, -0.1) is 0 Å². The number of hydrogen-bond donors (Lipinski definition) is 0.